The van der Waals surface area contributed by atoms with Crippen LogP contribution in [-0.4, -0.2) is 39.3 Å². The lowest BCUT2D eigenvalue weighted by molar-refractivity contribution is 0.0104. The highest BCUT2D eigenvalue weighted by Gasteiger charge is 2.39. The van der Waals surface area contributed by atoms with Crippen molar-refractivity contribution in [1.29, 1.82) is 0 Å². The van der Waals surface area contributed by atoms with Crippen LogP contribution in [0.1, 0.15) is 33.3 Å². The zero-order chi connectivity index (χ0) is 18.2. The van der Waals surface area contributed by atoms with Crippen molar-refractivity contribution in [3.8, 4) is 11.5 Å². The van der Waals surface area contributed by atoms with Crippen LogP contribution >= 0.6 is 0 Å². The molecule has 1 unspecified atom stereocenters. The van der Waals surface area contributed by atoms with E-state index in [2.05, 4.69) is 33.9 Å². The van der Waals surface area contributed by atoms with Crippen LogP contribution in [0.15, 0.2) is 18.2 Å². The Morgan fingerprint density at radius 3 is 2.33 bits per heavy atom. The number of hydrogen-bond acceptors (Lipinski definition) is 5. The number of nitrogens with two attached hydrogens (primary N) is 1. The van der Waals surface area contributed by atoms with E-state index in [1.165, 1.54) is 0 Å². The minimum absolute atomic E-state index is 0.107. The maximum Gasteiger partial charge on any atom is 0.192 e. The molecule has 1 heterocycles. The van der Waals surface area contributed by atoms with Crippen LogP contribution < -0.4 is 15.2 Å². The standard InChI is InChI=1S/C18H31NO4Si/c1-17(2,3)24(5,6)23-12-16(19)18(4,20)13-7-8-14-15(11-13)22-10-9-21-14/h7-8,11,16,20H,9-10,12,19H2,1-6H3/t16-,18?/m1/s1. The van der Waals surface area contributed by atoms with E-state index in [1.54, 1.807) is 13.0 Å². The van der Waals surface area contributed by atoms with Crippen molar-refractivity contribution in [2.24, 2.45) is 5.73 Å². The van der Waals surface area contributed by atoms with E-state index in [0.29, 0.717) is 36.9 Å². The van der Waals surface area contributed by atoms with Gasteiger partial charge in [-0.25, -0.2) is 0 Å². The number of ether oxygens (including phenoxy) is 2. The normalized spacial score (nSPS) is 18.8. The lowest BCUT2D eigenvalue weighted by Crippen LogP contribution is -2.50. The van der Waals surface area contributed by atoms with Gasteiger partial charge in [-0.05, 0) is 42.8 Å². The summed E-state index contributed by atoms with van der Waals surface area (Å²) >= 11 is 0. The van der Waals surface area contributed by atoms with Crippen LogP contribution in [0, 0.1) is 0 Å². The van der Waals surface area contributed by atoms with Gasteiger partial charge in [-0.2, -0.15) is 0 Å². The van der Waals surface area contributed by atoms with Gasteiger partial charge in [-0.3, -0.25) is 0 Å². The smallest absolute Gasteiger partial charge is 0.192 e. The summed E-state index contributed by atoms with van der Waals surface area (Å²) < 4.78 is 17.3. The molecule has 1 aromatic rings. The molecule has 5 nitrogen and oxygen atoms in total. The zero-order valence-electron chi connectivity index (χ0n) is 15.7. The molecule has 136 valence electrons. The van der Waals surface area contributed by atoms with Crippen molar-refractivity contribution in [1.82, 2.24) is 0 Å². The van der Waals surface area contributed by atoms with Crippen LogP contribution in [0.3, 0.4) is 0 Å². The Bertz CT molecular complexity index is 581. The molecule has 6 heteroatoms. The van der Waals surface area contributed by atoms with Gasteiger partial charge in [0.2, 0.25) is 0 Å². The molecule has 1 aliphatic heterocycles. The molecular formula is C18H31NO4Si. The molecule has 0 amide bonds. The zero-order valence-corrected chi connectivity index (χ0v) is 16.7. The molecule has 1 aromatic carbocycles. The van der Waals surface area contributed by atoms with E-state index in [-0.39, 0.29) is 5.04 Å². The molecule has 3 N–H and O–H groups in total. The average Bonchev–Trinajstić information content (AvgIpc) is 2.51. The number of hydrogen-bond donors (Lipinski definition) is 2. The van der Waals surface area contributed by atoms with Crippen LogP contribution in [-0.2, 0) is 10.0 Å². The number of aliphatic hydroxyl groups is 1. The molecule has 0 aliphatic carbocycles. The molecule has 0 bridgehead atoms. The molecule has 0 saturated heterocycles. The first-order valence-corrected chi connectivity index (χ1v) is 11.4. The number of benzene rings is 1. The second-order valence-corrected chi connectivity index (χ2v) is 13.0. The fraction of sp³-hybridized carbons (Fsp3) is 0.667. The fourth-order valence-corrected chi connectivity index (χ4v) is 3.28. The maximum absolute atomic E-state index is 11.0. The van der Waals surface area contributed by atoms with E-state index in [4.69, 9.17) is 19.6 Å². The molecule has 0 spiro atoms. The monoisotopic (exact) mass is 353 g/mol. The fourth-order valence-electron chi connectivity index (χ4n) is 2.25. The Morgan fingerprint density at radius 1 is 1.17 bits per heavy atom. The van der Waals surface area contributed by atoms with Gasteiger partial charge in [0.1, 0.15) is 18.8 Å². The number of rotatable bonds is 5. The second kappa shape index (κ2) is 6.67. The van der Waals surface area contributed by atoms with E-state index in [9.17, 15) is 5.11 Å². The minimum Gasteiger partial charge on any atom is -0.486 e. The lowest BCUT2D eigenvalue weighted by atomic mass is 9.89. The summed E-state index contributed by atoms with van der Waals surface area (Å²) in [5.74, 6) is 1.35. The maximum atomic E-state index is 11.0. The predicted molar refractivity (Wildman–Crippen MR) is 98.1 cm³/mol. The Balaban J connectivity index is 2.11. The molecule has 0 radical (unpaired) electrons. The van der Waals surface area contributed by atoms with Crippen LogP contribution in [0.5, 0.6) is 11.5 Å². The predicted octanol–water partition coefficient (Wildman–Crippen LogP) is 3.01. The minimum atomic E-state index is -1.91. The Labute approximate surface area is 146 Å². The van der Waals surface area contributed by atoms with Crippen molar-refractivity contribution in [2.75, 3.05) is 19.8 Å². The van der Waals surface area contributed by atoms with Crippen molar-refractivity contribution >= 4 is 8.32 Å². The molecule has 2 atom stereocenters. The summed E-state index contributed by atoms with van der Waals surface area (Å²) in [6.45, 7) is 14.0. The molecule has 2 rings (SSSR count). The van der Waals surface area contributed by atoms with Gasteiger partial charge in [0, 0.05) is 0 Å². The lowest BCUT2D eigenvalue weighted by Gasteiger charge is -2.39. The van der Waals surface area contributed by atoms with Crippen molar-refractivity contribution in [3.05, 3.63) is 23.8 Å². The summed E-state index contributed by atoms with van der Waals surface area (Å²) in [7, 11) is -1.91. The van der Waals surface area contributed by atoms with Gasteiger partial charge in [0.15, 0.2) is 19.8 Å². The van der Waals surface area contributed by atoms with E-state index >= 15 is 0 Å². The van der Waals surface area contributed by atoms with Gasteiger partial charge < -0.3 is 24.7 Å². The molecule has 24 heavy (non-hydrogen) atoms. The number of fused-ring (bicyclic) bond motifs is 1. The highest BCUT2D eigenvalue weighted by Crippen LogP contribution is 2.38. The SMILES string of the molecule is CC(O)(c1ccc2c(c1)OCCO2)[C@H](N)CO[Si](C)(C)C(C)(C)C. The first kappa shape index (κ1) is 19.2. The average molecular weight is 354 g/mol. The molecule has 1 aliphatic rings. The quantitative estimate of drug-likeness (QED) is 0.796. The highest BCUT2D eigenvalue weighted by molar-refractivity contribution is 6.74. The van der Waals surface area contributed by atoms with E-state index in [1.807, 2.05) is 12.1 Å². The van der Waals surface area contributed by atoms with Crippen LogP contribution in [0.25, 0.3) is 0 Å². The Morgan fingerprint density at radius 2 is 1.75 bits per heavy atom. The summed E-state index contributed by atoms with van der Waals surface area (Å²) in [5.41, 5.74) is 5.78. The van der Waals surface area contributed by atoms with Gasteiger partial charge in [0.05, 0.1) is 12.6 Å². The molecular weight excluding hydrogens is 322 g/mol. The van der Waals surface area contributed by atoms with Gasteiger partial charge in [0.25, 0.3) is 0 Å². The first-order valence-electron chi connectivity index (χ1n) is 8.47. The third kappa shape index (κ3) is 3.94. The van der Waals surface area contributed by atoms with Gasteiger partial charge in [-0.15, -0.1) is 0 Å². The van der Waals surface area contributed by atoms with Crippen molar-refractivity contribution < 1.29 is 19.0 Å². The third-order valence-electron chi connectivity index (χ3n) is 5.28. The van der Waals surface area contributed by atoms with Crippen LogP contribution in [0.2, 0.25) is 18.1 Å². The van der Waals surface area contributed by atoms with Crippen molar-refractivity contribution in [2.45, 2.75) is 57.5 Å². The Hall–Kier alpha value is -1.08. The highest BCUT2D eigenvalue weighted by atomic mass is 28.4. The molecule has 0 saturated carbocycles. The van der Waals surface area contributed by atoms with Gasteiger partial charge in [-0.1, -0.05) is 26.8 Å². The third-order valence-corrected chi connectivity index (χ3v) is 9.78. The van der Waals surface area contributed by atoms with E-state index in [0.717, 1.165) is 0 Å². The summed E-state index contributed by atoms with van der Waals surface area (Å²) in [6, 6.07) is 4.93. The summed E-state index contributed by atoms with van der Waals surface area (Å²) in [4.78, 5) is 0. The molecule has 0 aromatic heterocycles. The Kier molecular flexibility index (Phi) is 5.35. The topological polar surface area (TPSA) is 73.9 Å². The van der Waals surface area contributed by atoms with Crippen molar-refractivity contribution in [3.63, 3.8) is 0 Å². The van der Waals surface area contributed by atoms with Crippen LogP contribution in [0.4, 0.5) is 0 Å². The summed E-state index contributed by atoms with van der Waals surface area (Å²) in [6.07, 6.45) is 0. The van der Waals surface area contributed by atoms with E-state index < -0.39 is 20.0 Å². The largest absolute Gasteiger partial charge is 0.486 e. The second-order valence-electron chi connectivity index (χ2n) is 8.18. The van der Waals surface area contributed by atoms with Gasteiger partial charge >= 0.3 is 0 Å². The summed E-state index contributed by atoms with van der Waals surface area (Å²) in [5, 5.41) is 11.1. The first-order chi connectivity index (χ1) is 10.9. The molecule has 0 fully saturated rings.